The Morgan fingerprint density at radius 2 is 1.61 bits per heavy atom. The lowest BCUT2D eigenvalue weighted by Crippen LogP contribution is -2.59. The van der Waals surface area contributed by atoms with Gasteiger partial charge in [-0.15, -0.1) is 0 Å². The Morgan fingerprint density at radius 3 is 2.06 bits per heavy atom. The van der Waals surface area contributed by atoms with Gasteiger partial charge in [-0.25, -0.2) is 9.59 Å². The highest BCUT2D eigenvalue weighted by Crippen LogP contribution is 2.45. The number of carboxylic acids is 1. The maximum atomic E-state index is 13.6. The smallest absolute Gasteiger partial charge is 0.417 e. The molecule has 4 rings (SSSR count). The number of carboxylic acid groups (broad SMARTS) is 1. The summed E-state index contributed by atoms with van der Waals surface area (Å²) in [5, 5.41) is 10.8. The molecular formula is C23H21F3N2O5. The zero-order chi connectivity index (χ0) is 24.0. The molecule has 2 aromatic rings. The number of alkyl halides is 3. The molecular weight excluding hydrogens is 441 g/mol. The molecule has 7 nitrogen and oxygen atoms in total. The van der Waals surface area contributed by atoms with Crippen LogP contribution in [0, 0.1) is 0 Å². The van der Waals surface area contributed by atoms with Crippen LogP contribution in [0.3, 0.4) is 0 Å². The molecule has 0 aromatic heterocycles. The summed E-state index contributed by atoms with van der Waals surface area (Å²) in [5.41, 5.74) is 1.99. The second-order valence-corrected chi connectivity index (χ2v) is 8.18. The maximum Gasteiger partial charge on any atom is 0.417 e. The van der Waals surface area contributed by atoms with Crippen molar-refractivity contribution in [3.05, 3.63) is 59.7 Å². The molecule has 2 aliphatic rings. The standard InChI is InChI=1S/C23H21F3N2O5/c1-28(22(10-11-22)20(30)31)19(29)18(23(24,25)26)27-21(32)33-12-17-15-8-4-2-6-13(15)14-7-3-5-9-16(14)17/h2-9,17-18H,10-12H2,1H3,(H,27,32)(H,30,31). The molecule has 0 radical (unpaired) electrons. The summed E-state index contributed by atoms with van der Waals surface area (Å²) in [4.78, 5) is 36.7. The van der Waals surface area contributed by atoms with Crippen LogP contribution < -0.4 is 5.32 Å². The van der Waals surface area contributed by atoms with Gasteiger partial charge in [-0.2, -0.15) is 13.2 Å². The summed E-state index contributed by atoms with van der Waals surface area (Å²) in [7, 11) is 0.988. The van der Waals surface area contributed by atoms with Crippen LogP contribution in [0.2, 0.25) is 0 Å². The molecule has 0 heterocycles. The largest absolute Gasteiger partial charge is 0.479 e. The third kappa shape index (κ3) is 4.01. The number of hydrogen-bond acceptors (Lipinski definition) is 4. The van der Waals surface area contributed by atoms with E-state index in [9.17, 15) is 32.7 Å². The molecule has 0 aliphatic heterocycles. The van der Waals surface area contributed by atoms with Gasteiger partial charge >= 0.3 is 18.2 Å². The van der Waals surface area contributed by atoms with Gasteiger partial charge in [0.1, 0.15) is 12.1 Å². The van der Waals surface area contributed by atoms with E-state index < -0.39 is 35.7 Å². The number of hydrogen-bond donors (Lipinski definition) is 2. The van der Waals surface area contributed by atoms with Gasteiger partial charge in [0.2, 0.25) is 6.04 Å². The fraction of sp³-hybridized carbons (Fsp3) is 0.348. The molecule has 0 bridgehead atoms. The number of nitrogens with zero attached hydrogens (tertiary/aromatic N) is 1. The van der Waals surface area contributed by atoms with Gasteiger partial charge in [0.05, 0.1) is 0 Å². The molecule has 2 aliphatic carbocycles. The summed E-state index contributed by atoms with van der Waals surface area (Å²) in [6.45, 7) is -0.229. The lowest BCUT2D eigenvalue weighted by atomic mass is 9.98. The van der Waals surface area contributed by atoms with Crippen LogP contribution in [0.15, 0.2) is 48.5 Å². The van der Waals surface area contributed by atoms with Crippen LogP contribution >= 0.6 is 0 Å². The van der Waals surface area contributed by atoms with E-state index >= 15 is 0 Å². The number of amides is 2. The highest BCUT2D eigenvalue weighted by atomic mass is 19.4. The van der Waals surface area contributed by atoms with E-state index in [1.165, 1.54) is 0 Å². The van der Waals surface area contributed by atoms with Crippen molar-refractivity contribution in [2.24, 2.45) is 0 Å². The Hall–Kier alpha value is -3.56. The van der Waals surface area contributed by atoms with Crippen LogP contribution in [0.5, 0.6) is 0 Å². The van der Waals surface area contributed by atoms with Gasteiger partial charge in [-0.3, -0.25) is 4.79 Å². The minimum Gasteiger partial charge on any atom is -0.479 e. The fourth-order valence-electron chi connectivity index (χ4n) is 4.26. The molecule has 0 spiro atoms. The summed E-state index contributed by atoms with van der Waals surface area (Å²) in [6.07, 6.45) is -6.47. The Kier molecular flexibility index (Phi) is 5.55. The first-order valence-electron chi connectivity index (χ1n) is 10.3. The van der Waals surface area contributed by atoms with Crippen molar-refractivity contribution in [2.45, 2.75) is 36.5 Å². The third-order valence-electron chi connectivity index (χ3n) is 6.27. The van der Waals surface area contributed by atoms with Gasteiger partial charge in [-0.1, -0.05) is 48.5 Å². The first-order chi connectivity index (χ1) is 15.6. The third-order valence-corrected chi connectivity index (χ3v) is 6.27. The quantitative estimate of drug-likeness (QED) is 0.685. The van der Waals surface area contributed by atoms with Crippen LogP contribution in [0.1, 0.15) is 29.9 Å². The van der Waals surface area contributed by atoms with Crippen LogP contribution in [0.25, 0.3) is 11.1 Å². The molecule has 1 atom stereocenters. The zero-order valence-corrected chi connectivity index (χ0v) is 17.6. The lowest BCUT2D eigenvalue weighted by Gasteiger charge is -2.30. The monoisotopic (exact) mass is 462 g/mol. The first kappa shape index (κ1) is 22.6. The lowest BCUT2D eigenvalue weighted by molar-refractivity contribution is -0.178. The van der Waals surface area contributed by atoms with Crippen molar-refractivity contribution in [1.29, 1.82) is 0 Å². The molecule has 0 saturated heterocycles. The average molecular weight is 462 g/mol. The first-order valence-corrected chi connectivity index (χ1v) is 10.3. The number of carbonyl (C=O) groups is 3. The minimum atomic E-state index is -5.13. The van der Waals surface area contributed by atoms with Gasteiger partial charge in [-0.05, 0) is 35.1 Å². The summed E-state index contributed by atoms with van der Waals surface area (Å²) in [6, 6.07) is 12.0. The number of halogens is 3. The van der Waals surface area contributed by atoms with Crippen molar-refractivity contribution in [1.82, 2.24) is 10.2 Å². The number of likely N-dealkylation sites (N-methyl/N-ethyl adjacent to an activating group) is 1. The SMILES string of the molecule is CN(C(=O)C(NC(=O)OCC1c2ccccc2-c2ccccc21)C(F)(F)F)C1(C(=O)O)CC1. The highest BCUT2D eigenvalue weighted by Gasteiger charge is 2.59. The van der Waals surface area contributed by atoms with Crippen molar-refractivity contribution in [2.75, 3.05) is 13.7 Å². The second-order valence-electron chi connectivity index (χ2n) is 8.18. The normalized spacial score (nSPS) is 16.8. The number of nitrogens with one attached hydrogen (secondary N) is 1. The van der Waals surface area contributed by atoms with Gasteiger partial charge in [0.15, 0.2) is 0 Å². The highest BCUT2D eigenvalue weighted by molar-refractivity contribution is 5.93. The van der Waals surface area contributed by atoms with E-state index in [0.29, 0.717) is 4.90 Å². The number of alkyl carbamates (subject to hydrolysis) is 1. The van der Waals surface area contributed by atoms with Gasteiger partial charge in [0, 0.05) is 13.0 Å². The molecule has 174 valence electrons. The Morgan fingerprint density at radius 1 is 1.09 bits per heavy atom. The molecule has 1 unspecified atom stereocenters. The van der Waals surface area contributed by atoms with Crippen molar-refractivity contribution >= 4 is 18.0 Å². The number of fused-ring (bicyclic) bond motifs is 3. The predicted octanol–water partition coefficient (Wildman–Crippen LogP) is 3.53. The molecule has 10 heteroatoms. The number of rotatable bonds is 6. The number of benzene rings is 2. The summed E-state index contributed by atoms with van der Waals surface area (Å²) < 4.78 is 45.8. The summed E-state index contributed by atoms with van der Waals surface area (Å²) >= 11 is 0. The van der Waals surface area contributed by atoms with Crippen molar-refractivity contribution < 1.29 is 37.4 Å². The van der Waals surface area contributed by atoms with Crippen LogP contribution in [-0.4, -0.2) is 59.4 Å². The second kappa shape index (κ2) is 8.09. The number of aliphatic carboxylic acids is 1. The Labute approximate surface area is 187 Å². The average Bonchev–Trinajstić information content (AvgIpc) is 3.53. The van der Waals surface area contributed by atoms with E-state index in [-0.39, 0.29) is 25.4 Å². The molecule has 1 saturated carbocycles. The number of ether oxygens (including phenoxy) is 1. The molecule has 1 fully saturated rings. The predicted molar refractivity (Wildman–Crippen MR) is 110 cm³/mol. The van der Waals surface area contributed by atoms with E-state index in [0.717, 1.165) is 29.3 Å². The van der Waals surface area contributed by atoms with E-state index in [1.54, 1.807) is 5.32 Å². The Bertz CT molecular complexity index is 1070. The van der Waals surface area contributed by atoms with Gasteiger partial charge < -0.3 is 20.1 Å². The van der Waals surface area contributed by atoms with Gasteiger partial charge in [0.25, 0.3) is 5.91 Å². The minimum absolute atomic E-state index is 0.0418. The maximum absolute atomic E-state index is 13.6. The van der Waals surface area contributed by atoms with E-state index in [2.05, 4.69) is 0 Å². The summed E-state index contributed by atoms with van der Waals surface area (Å²) in [5.74, 6) is -3.32. The van der Waals surface area contributed by atoms with Crippen LogP contribution in [-0.2, 0) is 14.3 Å². The zero-order valence-electron chi connectivity index (χ0n) is 17.6. The Balaban J connectivity index is 1.47. The fourth-order valence-corrected chi connectivity index (χ4v) is 4.26. The number of carbonyl (C=O) groups excluding carboxylic acids is 2. The molecule has 2 N–H and O–H groups in total. The van der Waals surface area contributed by atoms with E-state index in [4.69, 9.17) is 4.74 Å². The topological polar surface area (TPSA) is 95.9 Å². The molecule has 2 aromatic carbocycles. The molecule has 2 amide bonds. The van der Waals surface area contributed by atoms with E-state index in [1.807, 2.05) is 48.5 Å². The van der Waals surface area contributed by atoms with Crippen LogP contribution in [0.4, 0.5) is 18.0 Å². The van der Waals surface area contributed by atoms with Crippen molar-refractivity contribution in [3.63, 3.8) is 0 Å². The van der Waals surface area contributed by atoms with Crippen molar-refractivity contribution in [3.8, 4) is 11.1 Å². The molecule has 33 heavy (non-hydrogen) atoms.